The Balaban J connectivity index is 2.65. The average molecular weight is 226 g/mol. The van der Waals surface area contributed by atoms with Gasteiger partial charge in [-0.25, -0.2) is 13.5 Å². The van der Waals surface area contributed by atoms with Gasteiger partial charge in [0.2, 0.25) is 5.95 Å². The van der Waals surface area contributed by atoms with Crippen molar-refractivity contribution < 1.29 is 8.78 Å². The Hall–Kier alpha value is -2.38. The standard InChI is InChI=1S/C8H8F2N6/c9-4-2-5(10)6(11)1-3(4)7-14-15-8(12)16(7)13/h1-2H,11,13H2,(H2,12,15). The number of halogens is 2. The van der Waals surface area contributed by atoms with Crippen LogP contribution in [0.5, 0.6) is 0 Å². The molecule has 0 saturated carbocycles. The molecule has 0 unspecified atom stereocenters. The molecule has 16 heavy (non-hydrogen) atoms. The maximum Gasteiger partial charge on any atom is 0.241 e. The van der Waals surface area contributed by atoms with Gasteiger partial charge < -0.3 is 17.3 Å². The van der Waals surface area contributed by atoms with Crippen LogP contribution in [0.3, 0.4) is 0 Å². The molecule has 0 fully saturated rings. The third-order valence-corrected chi connectivity index (χ3v) is 2.05. The zero-order chi connectivity index (χ0) is 11.9. The molecule has 0 atom stereocenters. The number of rotatable bonds is 1. The van der Waals surface area contributed by atoms with Gasteiger partial charge in [-0.15, -0.1) is 10.2 Å². The molecule has 2 rings (SSSR count). The van der Waals surface area contributed by atoms with Crippen molar-refractivity contribution in [1.82, 2.24) is 14.9 Å². The second kappa shape index (κ2) is 3.33. The molecule has 0 spiro atoms. The van der Waals surface area contributed by atoms with Crippen LogP contribution >= 0.6 is 0 Å². The van der Waals surface area contributed by atoms with Gasteiger partial charge in [-0.1, -0.05) is 0 Å². The van der Waals surface area contributed by atoms with Gasteiger partial charge in [0.25, 0.3) is 0 Å². The molecule has 2 aromatic rings. The lowest BCUT2D eigenvalue weighted by atomic mass is 10.1. The van der Waals surface area contributed by atoms with Crippen LogP contribution in [0.2, 0.25) is 0 Å². The number of anilines is 2. The molecule has 6 N–H and O–H groups in total. The van der Waals surface area contributed by atoms with Crippen molar-refractivity contribution >= 4 is 11.6 Å². The lowest BCUT2D eigenvalue weighted by Crippen LogP contribution is -2.14. The second-order valence-electron chi connectivity index (χ2n) is 3.11. The second-order valence-corrected chi connectivity index (χ2v) is 3.11. The van der Waals surface area contributed by atoms with Crippen LogP contribution in [-0.4, -0.2) is 14.9 Å². The van der Waals surface area contributed by atoms with Crippen LogP contribution in [0.25, 0.3) is 11.4 Å². The summed E-state index contributed by atoms with van der Waals surface area (Å²) < 4.78 is 27.2. The topological polar surface area (TPSA) is 109 Å². The largest absolute Gasteiger partial charge is 0.396 e. The number of aromatic nitrogens is 3. The Bertz CT molecular complexity index is 550. The maximum atomic E-state index is 13.4. The molecule has 0 aliphatic carbocycles. The molecule has 0 aliphatic heterocycles. The molecule has 1 heterocycles. The molecule has 0 saturated heterocycles. The van der Waals surface area contributed by atoms with E-state index < -0.39 is 11.6 Å². The highest BCUT2D eigenvalue weighted by Crippen LogP contribution is 2.25. The lowest BCUT2D eigenvalue weighted by Gasteiger charge is -2.04. The van der Waals surface area contributed by atoms with Gasteiger partial charge in [0.15, 0.2) is 5.82 Å². The third kappa shape index (κ3) is 1.40. The number of nitrogens with zero attached hydrogens (tertiary/aromatic N) is 3. The summed E-state index contributed by atoms with van der Waals surface area (Å²) in [6.07, 6.45) is 0. The first-order valence-electron chi connectivity index (χ1n) is 4.21. The van der Waals surface area contributed by atoms with Crippen LogP contribution in [0.4, 0.5) is 20.4 Å². The third-order valence-electron chi connectivity index (χ3n) is 2.05. The highest BCUT2D eigenvalue weighted by Gasteiger charge is 2.16. The molecular weight excluding hydrogens is 218 g/mol. The number of benzene rings is 1. The summed E-state index contributed by atoms with van der Waals surface area (Å²) in [5, 5.41) is 7.01. The van der Waals surface area contributed by atoms with E-state index in [1.54, 1.807) is 0 Å². The Kier molecular flexibility index (Phi) is 2.11. The van der Waals surface area contributed by atoms with Crippen molar-refractivity contribution in [2.45, 2.75) is 0 Å². The van der Waals surface area contributed by atoms with Crippen molar-refractivity contribution in [1.29, 1.82) is 0 Å². The van der Waals surface area contributed by atoms with Crippen LogP contribution in [-0.2, 0) is 0 Å². The van der Waals surface area contributed by atoms with Crippen LogP contribution in [0.15, 0.2) is 12.1 Å². The molecule has 0 radical (unpaired) electrons. The summed E-state index contributed by atoms with van der Waals surface area (Å²) in [5.41, 5.74) is 10.4. The van der Waals surface area contributed by atoms with Gasteiger partial charge in [-0.3, -0.25) is 0 Å². The summed E-state index contributed by atoms with van der Waals surface area (Å²) in [7, 11) is 0. The highest BCUT2D eigenvalue weighted by molar-refractivity contribution is 5.63. The summed E-state index contributed by atoms with van der Waals surface area (Å²) >= 11 is 0. The Labute approximate surface area is 88.6 Å². The lowest BCUT2D eigenvalue weighted by molar-refractivity contribution is 0.587. The van der Waals surface area contributed by atoms with E-state index in [9.17, 15) is 8.78 Å². The predicted molar refractivity (Wildman–Crippen MR) is 54.3 cm³/mol. The van der Waals surface area contributed by atoms with Crippen LogP contribution < -0.4 is 17.3 Å². The predicted octanol–water partition coefficient (Wildman–Crippen LogP) is 0.101. The fourth-order valence-corrected chi connectivity index (χ4v) is 1.22. The first kappa shape index (κ1) is 10.1. The monoisotopic (exact) mass is 226 g/mol. The fourth-order valence-electron chi connectivity index (χ4n) is 1.22. The number of hydrogen-bond donors (Lipinski definition) is 3. The molecule has 0 aliphatic rings. The molecule has 1 aromatic carbocycles. The smallest absolute Gasteiger partial charge is 0.241 e. The summed E-state index contributed by atoms with van der Waals surface area (Å²) in [5.74, 6) is 3.65. The number of nitrogen functional groups attached to an aromatic ring is 3. The minimum absolute atomic E-state index is 0.0262. The van der Waals surface area contributed by atoms with E-state index in [-0.39, 0.29) is 23.0 Å². The molecule has 1 aromatic heterocycles. The maximum absolute atomic E-state index is 13.4. The van der Waals surface area contributed by atoms with E-state index in [0.29, 0.717) is 6.07 Å². The minimum atomic E-state index is -0.850. The summed E-state index contributed by atoms with van der Waals surface area (Å²) in [6.45, 7) is 0. The Morgan fingerprint density at radius 3 is 2.31 bits per heavy atom. The first-order chi connectivity index (χ1) is 7.50. The van der Waals surface area contributed by atoms with Gasteiger partial charge in [-0.2, -0.15) is 0 Å². The highest BCUT2D eigenvalue weighted by atomic mass is 19.1. The van der Waals surface area contributed by atoms with Crippen molar-refractivity contribution in [3.63, 3.8) is 0 Å². The average Bonchev–Trinajstić information content (AvgIpc) is 2.54. The van der Waals surface area contributed by atoms with Gasteiger partial charge in [0, 0.05) is 6.07 Å². The van der Waals surface area contributed by atoms with E-state index in [0.717, 1.165) is 10.7 Å². The summed E-state index contributed by atoms with van der Waals surface area (Å²) in [6, 6.07) is 1.73. The van der Waals surface area contributed by atoms with Crippen molar-refractivity contribution in [3.8, 4) is 11.4 Å². The normalized spacial score (nSPS) is 10.6. The van der Waals surface area contributed by atoms with Gasteiger partial charge >= 0.3 is 0 Å². The molecular formula is C8H8F2N6. The fraction of sp³-hybridized carbons (Fsp3) is 0. The van der Waals surface area contributed by atoms with E-state index in [2.05, 4.69) is 10.2 Å². The van der Waals surface area contributed by atoms with Crippen LogP contribution in [0.1, 0.15) is 0 Å². The molecule has 8 heteroatoms. The Morgan fingerprint density at radius 2 is 1.75 bits per heavy atom. The zero-order valence-electron chi connectivity index (χ0n) is 7.98. The van der Waals surface area contributed by atoms with E-state index in [1.807, 2.05) is 0 Å². The van der Waals surface area contributed by atoms with Crippen molar-refractivity contribution in [2.24, 2.45) is 0 Å². The molecule has 6 nitrogen and oxygen atoms in total. The quantitative estimate of drug-likeness (QED) is 0.472. The van der Waals surface area contributed by atoms with Crippen LogP contribution in [0, 0.1) is 11.6 Å². The number of nitrogens with two attached hydrogens (primary N) is 3. The zero-order valence-corrected chi connectivity index (χ0v) is 7.98. The molecule has 0 bridgehead atoms. The molecule has 84 valence electrons. The summed E-state index contributed by atoms with van der Waals surface area (Å²) in [4.78, 5) is 0. The number of hydrogen-bond acceptors (Lipinski definition) is 5. The van der Waals surface area contributed by atoms with E-state index >= 15 is 0 Å². The first-order valence-corrected chi connectivity index (χ1v) is 4.21. The Morgan fingerprint density at radius 1 is 1.06 bits per heavy atom. The molecule has 0 amide bonds. The van der Waals surface area contributed by atoms with Gasteiger partial charge in [0.1, 0.15) is 11.6 Å². The van der Waals surface area contributed by atoms with E-state index in [1.165, 1.54) is 0 Å². The minimum Gasteiger partial charge on any atom is -0.396 e. The van der Waals surface area contributed by atoms with Crippen molar-refractivity contribution in [2.75, 3.05) is 17.3 Å². The van der Waals surface area contributed by atoms with Gasteiger partial charge in [0.05, 0.1) is 11.3 Å². The SMILES string of the molecule is Nc1cc(-c2nnc(N)n2N)c(F)cc1F. The van der Waals surface area contributed by atoms with Crippen molar-refractivity contribution in [3.05, 3.63) is 23.8 Å². The van der Waals surface area contributed by atoms with E-state index in [4.69, 9.17) is 17.3 Å². The van der Waals surface area contributed by atoms with Gasteiger partial charge in [-0.05, 0) is 6.07 Å².